The summed E-state index contributed by atoms with van der Waals surface area (Å²) in [4.78, 5) is 23.3. The van der Waals surface area contributed by atoms with E-state index in [0.717, 1.165) is 6.08 Å². The molecule has 0 bridgehead atoms. The molecule has 98 valence electrons. The van der Waals surface area contributed by atoms with E-state index in [0.29, 0.717) is 12.2 Å². The van der Waals surface area contributed by atoms with Crippen LogP contribution in [0.25, 0.3) is 0 Å². The first-order valence-electron chi connectivity index (χ1n) is 5.76. The van der Waals surface area contributed by atoms with Crippen molar-refractivity contribution in [1.82, 2.24) is 15.5 Å². The number of H-pyrrole nitrogens is 1. The molecule has 1 unspecified atom stereocenters. The Morgan fingerprint density at radius 3 is 2.78 bits per heavy atom. The lowest BCUT2D eigenvalue weighted by Gasteiger charge is -2.18. The average Bonchev–Trinajstić information content (AvgIpc) is 2.80. The van der Waals surface area contributed by atoms with Crippen LogP contribution in [0.4, 0.5) is 5.82 Å². The fraction of sp³-hybridized carbons (Fsp3) is 0.417. The number of carbonyl (C=O) groups is 2. The van der Waals surface area contributed by atoms with Crippen LogP contribution in [0.3, 0.4) is 0 Å². The highest BCUT2D eigenvalue weighted by molar-refractivity contribution is 5.98. The molecular formula is C12H18N4O2. The van der Waals surface area contributed by atoms with Gasteiger partial charge in [-0.2, -0.15) is 5.10 Å². The number of hydrogen-bond donors (Lipinski definition) is 3. The summed E-state index contributed by atoms with van der Waals surface area (Å²) in [6.07, 6.45) is 3.24. The van der Waals surface area contributed by atoms with E-state index >= 15 is 0 Å². The third-order valence-corrected chi connectivity index (χ3v) is 2.28. The van der Waals surface area contributed by atoms with Gasteiger partial charge in [-0.3, -0.25) is 14.7 Å². The molecule has 6 nitrogen and oxygen atoms in total. The molecule has 0 aromatic carbocycles. The topological polar surface area (TPSA) is 86.9 Å². The molecule has 0 aliphatic carbocycles. The van der Waals surface area contributed by atoms with Crippen molar-refractivity contribution in [3.63, 3.8) is 0 Å². The molecule has 18 heavy (non-hydrogen) atoms. The lowest BCUT2D eigenvalue weighted by molar-refractivity contribution is -0.124. The standard InChI is InChI=1S/C12H18N4O2/c1-4-11(17)14-9(7-8(2)3)12(18)15-10-5-6-13-16-10/h4-6,8-9H,1,7H2,2-3H3,(H,14,17)(H2,13,15,16,18). The molecule has 2 amide bonds. The van der Waals surface area contributed by atoms with Crippen molar-refractivity contribution in [1.29, 1.82) is 0 Å². The van der Waals surface area contributed by atoms with Crippen LogP contribution in [0.5, 0.6) is 0 Å². The van der Waals surface area contributed by atoms with Crippen molar-refractivity contribution in [3.8, 4) is 0 Å². The second-order valence-electron chi connectivity index (χ2n) is 4.35. The van der Waals surface area contributed by atoms with E-state index in [1.807, 2.05) is 13.8 Å². The van der Waals surface area contributed by atoms with Gasteiger partial charge < -0.3 is 10.6 Å². The third kappa shape index (κ3) is 4.40. The highest BCUT2D eigenvalue weighted by Gasteiger charge is 2.21. The van der Waals surface area contributed by atoms with Gasteiger partial charge in [0.2, 0.25) is 11.8 Å². The summed E-state index contributed by atoms with van der Waals surface area (Å²) in [6, 6.07) is 1.05. The van der Waals surface area contributed by atoms with Crippen LogP contribution in [-0.2, 0) is 9.59 Å². The van der Waals surface area contributed by atoms with Crippen molar-refractivity contribution < 1.29 is 9.59 Å². The van der Waals surface area contributed by atoms with Gasteiger partial charge in [-0.25, -0.2) is 0 Å². The van der Waals surface area contributed by atoms with E-state index in [1.54, 1.807) is 6.07 Å². The second kappa shape index (κ2) is 6.58. The number of nitrogens with one attached hydrogen (secondary N) is 3. The highest BCUT2D eigenvalue weighted by Crippen LogP contribution is 2.08. The average molecular weight is 250 g/mol. The van der Waals surface area contributed by atoms with E-state index in [9.17, 15) is 9.59 Å². The minimum atomic E-state index is -0.584. The molecule has 0 saturated carbocycles. The number of nitrogens with zero attached hydrogens (tertiary/aromatic N) is 1. The molecule has 1 atom stereocenters. The van der Waals surface area contributed by atoms with E-state index in [1.165, 1.54) is 6.20 Å². The van der Waals surface area contributed by atoms with Crippen molar-refractivity contribution >= 4 is 17.6 Å². The van der Waals surface area contributed by atoms with Gasteiger partial charge in [0.1, 0.15) is 11.9 Å². The Labute approximate surface area is 106 Å². The van der Waals surface area contributed by atoms with Gasteiger partial charge in [0.25, 0.3) is 0 Å². The number of hydrogen-bond acceptors (Lipinski definition) is 3. The molecule has 1 heterocycles. The smallest absolute Gasteiger partial charge is 0.248 e. The second-order valence-corrected chi connectivity index (χ2v) is 4.35. The van der Waals surface area contributed by atoms with Crippen LogP contribution in [0.15, 0.2) is 24.9 Å². The molecule has 0 radical (unpaired) electrons. The molecule has 1 rings (SSSR count). The molecule has 0 aliphatic heterocycles. The van der Waals surface area contributed by atoms with Crippen LogP contribution >= 0.6 is 0 Å². The molecule has 0 spiro atoms. The zero-order chi connectivity index (χ0) is 13.5. The Balaban J connectivity index is 2.65. The fourth-order valence-electron chi connectivity index (χ4n) is 1.48. The summed E-state index contributed by atoms with van der Waals surface area (Å²) in [6.45, 7) is 7.33. The maximum Gasteiger partial charge on any atom is 0.248 e. The molecule has 1 aromatic heterocycles. The first kappa shape index (κ1) is 14.0. The summed E-state index contributed by atoms with van der Waals surface area (Å²) in [5, 5.41) is 11.6. The molecule has 1 aromatic rings. The highest BCUT2D eigenvalue weighted by atomic mass is 16.2. The van der Waals surface area contributed by atoms with E-state index < -0.39 is 6.04 Å². The quantitative estimate of drug-likeness (QED) is 0.660. The number of amides is 2. The zero-order valence-electron chi connectivity index (χ0n) is 10.6. The minimum absolute atomic E-state index is 0.275. The van der Waals surface area contributed by atoms with Crippen molar-refractivity contribution in [2.75, 3.05) is 5.32 Å². The lowest BCUT2D eigenvalue weighted by Crippen LogP contribution is -2.44. The maximum absolute atomic E-state index is 12.0. The summed E-state index contributed by atoms with van der Waals surface area (Å²) in [7, 11) is 0. The molecule has 0 fully saturated rings. The SMILES string of the molecule is C=CC(=O)NC(CC(C)C)C(=O)Nc1ccn[nH]1. The molecule has 6 heteroatoms. The Morgan fingerprint density at radius 2 is 2.28 bits per heavy atom. The Morgan fingerprint density at radius 1 is 1.56 bits per heavy atom. The fourth-order valence-corrected chi connectivity index (χ4v) is 1.48. The normalized spacial score (nSPS) is 11.9. The van der Waals surface area contributed by atoms with Crippen molar-refractivity contribution in [2.45, 2.75) is 26.3 Å². The van der Waals surface area contributed by atoms with Gasteiger partial charge in [0.15, 0.2) is 0 Å². The van der Waals surface area contributed by atoms with E-state index in [4.69, 9.17) is 0 Å². The Bertz CT molecular complexity index is 412. The molecular weight excluding hydrogens is 232 g/mol. The van der Waals surface area contributed by atoms with Gasteiger partial charge in [0, 0.05) is 6.07 Å². The summed E-state index contributed by atoms with van der Waals surface area (Å²) in [5.41, 5.74) is 0. The van der Waals surface area contributed by atoms with E-state index in [-0.39, 0.29) is 17.7 Å². The van der Waals surface area contributed by atoms with Crippen LogP contribution in [0.2, 0.25) is 0 Å². The maximum atomic E-state index is 12.0. The number of aromatic amines is 1. The predicted octanol–water partition coefficient (Wildman–Crippen LogP) is 1.07. The van der Waals surface area contributed by atoms with Crippen LogP contribution in [0, 0.1) is 5.92 Å². The number of anilines is 1. The largest absolute Gasteiger partial charge is 0.341 e. The first-order valence-corrected chi connectivity index (χ1v) is 5.76. The van der Waals surface area contributed by atoms with Crippen LogP contribution in [-0.4, -0.2) is 28.1 Å². The van der Waals surface area contributed by atoms with Crippen molar-refractivity contribution in [3.05, 3.63) is 24.9 Å². The van der Waals surface area contributed by atoms with Crippen molar-refractivity contribution in [2.24, 2.45) is 5.92 Å². The number of aromatic nitrogens is 2. The zero-order valence-corrected chi connectivity index (χ0v) is 10.6. The minimum Gasteiger partial charge on any atom is -0.341 e. The number of rotatable bonds is 6. The molecule has 0 aliphatic rings. The number of carbonyl (C=O) groups excluding carboxylic acids is 2. The summed E-state index contributed by atoms with van der Waals surface area (Å²) < 4.78 is 0. The first-order chi connectivity index (χ1) is 8.52. The lowest BCUT2D eigenvalue weighted by atomic mass is 10.0. The van der Waals surface area contributed by atoms with Gasteiger partial charge in [-0.05, 0) is 18.4 Å². The molecule has 0 saturated heterocycles. The molecule has 3 N–H and O–H groups in total. The van der Waals surface area contributed by atoms with Gasteiger partial charge in [0.05, 0.1) is 6.20 Å². The Hall–Kier alpha value is -2.11. The summed E-state index contributed by atoms with van der Waals surface area (Å²) in [5.74, 6) is 0.151. The predicted molar refractivity (Wildman–Crippen MR) is 68.8 cm³/mol. The van der Waals surface area contributed by atoms with Gasteiger partial charge in [-0.1, -0.05) is 20.4 Å². The van der Waals surface area contributed by atoms with Crippen LogP contribution < -0.4 is 10.6 Å². The third-order valence-electron chi connectivity index (χ3n) is 2.28. The van der Waals surface area contributed by atoms with E-state index in [2.05, 4.69) is 27.4 Å². The van der Waals surface area contributed by atoms with Crippen LogP contribution in [0.1, 0.15) is 20.3 Å². The van der Waals surface area contributed by atoms with Gasteiger partial charge >= 0.3 is 0 Å². The van der Waals surface area contributed by atoms with Gasteiger partial charge in [-0.15, -0.1) is 0 Å². The summed E-state index contributed by atoms with van der Waals surface area (Å²) >= 11 is 0. The Kier molecular flexibility index (Phi) is 5.10. The monoisotopic (exact) mass is 250 g/mol.